The van der Waals surface area contributed by atoms with Crippen molar-refractivity contribution in [1.29, 1.82) is 0 Å². The number of hydrogen-bond donors (Lipinski definition) is 0. The number of pyridine rings is 1. The number of aromatic nitrogens is 3. The maximum Gasteiger partial charge on any atom is 0.410 e. The van der Waals surface area contributed by atoms with Crippen molar-refractivity contribution in [1.82, 2.24) is 24.3 Å². The Balaban J connectivity index is 1.52. The average Bonchev–Trinajstić information content (AvgIpc) is 3.06. The molecule has 0 atom stereocenters. The van der Waals surface area contributed by atoms with Crippen LogP contribution in [0.25, 0.3) is 11.2 Å². The molecule has 0 unspecified atom stereocenters. The SMILES string of the molecule is CC(C)(C)OC(=O)N1CCN(Cc2nc3ncccc3n2Cc2ccccc2)C(=O)C1. The lowest BCUT2D eigenvalue weighted by atomic mass is 10.2. The molecule has 2 amide bonds. The molecule has 162 valence electrons. The van der Waals surface area contributed by atoms with E-state index in [1.807, 2.05) is 51.1 Å². The van der Waals surface area contributed by atoms with Crippen LogP contribution in [-0.2, 0) is 22.6 Å². The van der Waals surface area contributed by atoms with Gasteiger partial charge in [-0.15, -0.1) is 0 Å². The molecule has 1 saturated heterocycles. The Morgan fingerprint density at radius 3 is 2.55 bits per heavy atom. The number of imidazole rings is 1. The van der Waals surface area contributed by atoms with Crippen molar-refractivity contribution in [3.8, 4) is 0 Å². The summed E-state index contributed by atoms with van der Waals surface area (Å²) >= 11 is 0. The van der Waals surface area contributed by atoms with E-state index in [9.17, 15) is 9.59 Å². The van der Waals surface area contributed by atoms with E-state index in [1.54, 1.807) is 11.1 Å². The van der Waals surface area contributed by atoms with Crippen LogP contribution in [-0.4, -0.2) is 61.6 Å². The lowest BCUT2D eigenvalue weighted by Crippen LogP contribution is -2.53. The van der Waals surface area contributed by atoms with Gasteiger partial charge < -0.3 is 14.2 Å². The molecule has 3 aromatic rings. The maximum absolute atomic E-state index is 12.8. The number of amides is 2. The first-order chi connectivity index (χ1) is 14.8. The third-order valence-electron chi connectivity index (χ3n) is 5.09. The van der Waals surface area contributed by atoms with Crippen molar-refractivity contribution in [3.63, 3.8) is 0 Å². The second-order valence-electron chi connectivity index (χ2n) is 8.66. The Bertz CT molecular complexity index is 1090. The molecule has 0 bridgehead atoms. The Hall–Kier alpha value is -3.42. The zero-order valence-electron chi connectivity index (χ0n) is 18.1. The average molecular weight is 422 g/mol. The second-order valence-corrected chi connectivity index (χ2v) is 8.66. The Labute approximate surface area is 181 Å². The van der Waals surface area contributed by atoms with Gasteiger partial charge in [0.2, 0.25) is 5.91 Å². The fraction of sp³-hybridized carbons (Fsp3) is 0.391. The van der Waals surface area contributed by atoms with E-state index in [4.69, 9.17) is 9.72 Å². The lowest BCUT2D eigenvalue weighted by Gasteiger charge is -2.35. The van der Waals surface area contributed by atoms with Gasteiger partial charge in [0.1, 0.15) is 18.0 Å². The van der Waals surface area contributed by atoms with Crippen LogP contribution in [0.1, 0.15) is 32.2 Å². The summed E-state index contributed by atoms with van der Waals surface area (Å²) < 4.78 is 7.50. The van der Waals surface area contributed by atoms with Gasteiger partial charge in [0.15, 0.2) is 5.65 Å². The smallest absolute Gasteiger partial charge is 0.410 e. The highest BCUT2D eigenvalue weighted by Crippen LogP contribution is 2.19. The number of benzene rings is 1. The predicted molar refractivity (Wildman–Crippen MR) is 116 cm³/mol. The molecule has 31 heavy (non-hydrogen) atoms. The highest BCUT2D eigenvalue weighted by molar-refractivity contribution is 5.83. The van der Waals surface area contributed by atoms with Gasteiger partial charge in [-0.3, -0.25) is 9.69 Å². The minimum absolute atomic E-state index is 0.00603. The lowest BCUT2D eigenvalue weighted by molar-refractivity contribution is -0.136. The largest absolute Gasteiger partial charge is 0.444 e. The highest BCUT2D eigenvalue weighted by atomic mass is 16.6. The minimum atomic E-state index is -0.591. The van der Waals surface area contributed by atoms with Gasteiger partial charge in [-0.05, 0) is 38.5 Å². The molecule has 1 aromatic carbocycles. The molecule has 2 aromatic heterocycles. The molecule has 4 rings (SSSR count). The normalized spacial score (nSPS) is 14.9. The van der Waals surface area contributed by atoms with Crippen LogP contribution in [0.5, 0.6) is 0 Å². The Morgan fingerprint density at radius 1 is 1.06 bits per heavy atom. The van der Waals surface area contributed by atoms with Crippen molar-refractivity contribution in [3.05, 3.63) is 60.0 Å². The first-order valence-electron chi connectivity index (χ1n) is 10.4. The summed E-state index contributed by atoms with van der Waals surface area (Å²) in [6.07, 6.45) is 1.26. The molecule has 0 saturated carbocycles. The van der Waals surface area contributed by atoms with Crippen molar-refractivity contribution in [2.75, 3.05) is 19.6 Å². The summed E-state index contributed by atoms with van der Waals surface area (Å²) in [4.78, 5) is 37.4. The topological polar surface area (TPSA) is 80.6 Å². The molecular weight excluding hydrogens is 394 g/mol. The Morgan fingerprint density at radius 2 is 1.84 bits per heavy atom. The third kappa shape index (κ3) is 4.84. The van der Waals surface area contributed by atoms with E-state index in [2.05, 4.69) is 21.7 Å². The van der Waals surface area contributed by atoms with E-state index in [0.29, 0.717) is 31.8 Å². The number of nitrogens with zero attached hydrogens (tertiary/aromatic N) is 5. The molecular formula is C23H27N5O3. The van der Waals surface area contributed by atoms with Crippen LogP contribution in [0, 0.1) is 0 Å². The summed E-state index contributed by atoms with van der Waals surface area (Å²) in [6.45, 7) is 7.31. The van der Waals surface area contributed by atoms with Crippen LogP contribution in [0.3, 0.4) is 0 Å². The summed E-state index contributed by atoms with van der Waals surface area (Å²) in [5.41, 5.74) is 2.15. The summed E-state index contributed by atoms with van der Waals surface area (Å²) in [5.74, 6) is 0.653. The van der Waals surface area contributed by atoms with E-state index in [-0.39, 0.29) is 12.5 Å². The van der Waals surface area contributed by atoms with Crippen molar-refractivity contribution in [2.24, 2.45) is 0 Å². The number of carbonyl (C=O) groups excluding carboxylic acids is 2. The predicted octanol–water partition coefficient (Wildman–Crippen LogP) is 3.06. The van der Waals surface area contributed by atoms with E-state index < -0.39 is 11.7 Å². The van der Waals surface area contributed by atoms with Gasteiger partial charge >= 0.3 is 6.09 Å². The monoisotopic (exact) mass is 421 g/mol. The van der Waals surface area contributed by atoms with Gasteiger partial charge in [0.25, 0.3) is 0 Å². The summed E-state index contributed by atoms with van der Waals surface area (Å²) in [6, 6.07) is 14.0. The summed E-state index contributed by atoms with van der Waals surface area (Å²) in [7, 11) is 0. The van der Waals surface area contributed by atoms with Crippen LogP contribution >= 0.6 is 0 Å². The fourth-order valence-corrected chi connectivity index (χ4v) is 3.60. The minimum Gasteiger partial charge on any atom is -0.444 e. The molecule has 1 fully saturated rings. The maximum atomic E-state index is 12.8. The zero-order valence-corrected chi connectivity index (χ0v) is 18.1. The van der Waals surface area contributed by atoms with Crippen molar-refractivity contribution < 1.29 is 14.3 Å². The van der Waals surface area contributed by atoms with Crippen LogP contribution in [0.15, 0.2) is 48.7 Å². The molecule has 8 nitrogen and oxygen atoms in total. The van der Waals surface area contributed by atoms with Crippen LogP contribution in [0.2, 0.25) is 0 Å². The van der Waals surface area contributed by atoms with Crippen molar-refractivity contribution in [2.45, 2.75) is 39.5 Å². The van der Waals surface area contributed by atoms with Gasteiger partial charge in [-0.1, -0.05) is 30.3 Å². The van der Waals surface area contributed by atoms with E-state index >= 15 is 0 Å². The third-order valence-corrected chi connectivity index (χ3v) is 5.09. The number of ether oxygens (including phenoxy) is 1. The Kier molecular flexibility index (Phi) is 5.63. The van der Waals surface area contributed by atoms with Crippen molar-refractivity contribution >= 4 is 23.2 Å². The standard InChI is InChI=1S/C23H27N5O3/c1-23(2,3)31-22(30)27-13-12-26(20(29)16-27)15-19-25-21-18(10-7-11-24-21)28(19)14-17-8-5-4-6-9-17/h4-11H,12-16H2,1-3H3. The molecule has 0 N–H and O–H groups in total. The molecule has 1 aliphatic rings. The van der Waals surface area contributed by atoms with Gasteiger partial charge in [0.05, 0.1) is 12.1 Å². The number of fused-ring (bicyclic) bond motifs is 1. The van der Waals surface area contributed by atoms with Crippen LogP contribution < -0.4 is 0 Å². The van der Waals surface area contributed by atoms with Crippen LogP contribution in [0.4, 0.5) is 4.79 Å². The van der Waals surface area contributed by atoms with Gasteiger partial charge in [-0.2, -0.15) is 0 Å². The van der Waals surface area contributed by atoms with Gasteiger partial charge in [-0.25, -0.2) is 14.8 Å². The van der Waals surface area contributed by atoms with E-state index in [1.165, 1.54) is 4.90 Å². The zero-order chi connectivity index (χ0) is 22.0. The molecule has 3 heterocycles. The second kappa shape index (κ2) is 8.37. The number of piperazine rings is 1. The van der Waals surface area contributed by atoms with E-state index in [0.717, 1.165) is 16.9 Å². The molecule has 0 spiro atoms. The first-order valence-corrected chi connectivity index (χ1v) is 10.4. The number of hydrogen-bond acceptors (Lipinski definition) is 5. The number of rotatable bonds is 4. The first kappa shape index (κ1) is 20.8. The molecule has 8 heteroatoms. The molecule has 0 aliphatic carbocycles. The quantitative estimate of drug-likeness (QED) is 0.647. The number of carbonyl (C=O) groups is 2. The molecule has 1 aliphatic heterocycles. The summed E-state index contributed by atoms with van der Waals surface area (Å²) in [5, 5.41) is 0. The highest BCUT2D eigenvalue weighted by Gasteiger charge is 2.31. The van der Waals surface area contributed by atoms with Gasteiger partial charge in [0, 0.05) is 25.8 Å². The fourth-order valence-electron chi connectivity index (χ4n) is 3.60. The molecule has 0 radical (unpaired) electrons.